The number of hydrogen-bond donors (Lipinski definition) is 2. The predicted octanol–water partition coefficient (Wildman–Crippen LogP) is -0.182. The summed E-state index contributed by atoms with van der Waals surface area (Å²) in [4.78, 5) is 8.32. The molecule has 0 saturated heterocycles. The van der Waals surface area contributed by atoms with E-state index in [2.05, 4.69) is 9.05 Å². The van der Waals surface area contributed by atoms with Gasteiger partial charge in [0.15, 0.2) is 6.79 Å². The number of hydrogen-bond acceptors (Lipinski definition) is 4. The van der Waals surface area contributed by atoms with Gasteiger partial charge in [-0.3, -0.25) is 4.52 Å². The molecule has 0 aliphatic rings. The Balaban J connectivity index is 2.83. The Labute approximate surface area is 42.7 Å². The molecule has 4 nitrogen and oxygen atoms in total. The first-order valence-corrected chi connectivity index (χ1v) is 2.71. The molecular formula is C2H7O4P. The minimum Gasteiger partial charge on any atom is -0.370 e. The Morgan fingerprint density at radius 1 is 1.71 bits per heavy atom. The van der Waals surface area contributed by atoms with E-state index in [0.717, 1.165) is 0 Å². The fraction of sp³-hybridized carbons (Fsp3) is 1.00. The fourth-order valence-electron chi connectivity index (χ4n) is 0.102. The molecular weight excluding hydrogens is 119 g/mol. The third-order valence-corrected chi connectivity index (χ3v) is 0.973. The topological polar surface area (TPSA) is 58.9 Å². The Morgan fingerprint density at radius 2 is 2.29 bits per heavy atom. The van der Waals surface area contributed by atoms with Crippen molar-refractivity contribution in [2.24, 2.45) is 0 Å². The molecule has 0 fully saturated rings. The van der Waals surface area contributed by atoms with E-state index in [9.17, 15) is 0 Å². The average molecular weight is 126 g/mol. The molecule has 0 aromatic rings. The van der Waals surface area contributed by atoms with Gasteiger partial charge in [0.25, 0.3) is 0 Å². The van der Waals surface area contributed by atoms with Crippen molar-refractivity contribution in [3.8, 4) is 0 Å². The van der Waals surface area contributed by atoms with Crippen molar-refractivity contribution < 1.29 is 19.0 Å². The van der Waals surface area contributed by atoms with Crippen molar-refractivity contribution in [2.75, 3.05) is 13.9 Å². The first kappa shape index (κ1) is 7.27. The monoisotopic (exact) mass is 126 g/mol. The summed E-state index contributed by atoms with van der Waals surface area (Å²) in [6.45, 7) is -0.504. The van der Waals surface area contributed by atoms with Gasteiger partial charge in [-0.05, 0) is 0 Å². The van der Waals surface area contributed by atoms with E-state index in [-0.39, 0.29) is 0 Å². The fourth-order valence-corrected chi connectivity index (χ4v) is 0.306. The SMILES string of the molecule is COP(O)OCO. The minimum absolute atomic E-state index is 0.504. The van der Waals surface area contributed by atoms with Gasteiger partial charge in [-0.15, -0.1) is 0 Å². The Kier molecular flexibility index (Phi) is 4.60. The molecule has 0 aliphatic carbocycles. The largest absolute Gasteiger partial charge is 0.370 e. The first-order valence-electron chi connectivity index (χ1n) is 1.58. The van der Waals surface area contributed by atoms with Crippen molar-refractivity contribution in [3.63, 3.8) is 0 Å². The molecule has 1 unspecified atom stereocenters. The third-order valence-electron chi connectivity index (χ3n) is 0.324. The standard InChI is InChI=1S/C2H7O4P/c1-5-7(4)6-2-3/h3-4H,2H2,1H3. The van der Waals surface area contributed by atoms with Crippen LogP contribution in [-0.4, -0.2) is 23.9 Å². The summed E-state index contributed by atoms with van der Waals surface area (Å²) in [6.07, 6.45) is 0. The van der Waals surface area contributed by atoms with Crippen LogP contribution in [0.2, 0.25) is 0 Å². The highest BCUT2D eigenvalue weighted by Gasteiger charge is 1.98. The van der Waals surface area contributed by atoms with Gasteiger partial charge in [-0.2, -0.15) is 0 Å². The molecule has 7 heavy (non-hydrogen) atoms. The van der Waals surface area contributed by atoms with Gasteiger partial charge in [0, 0.05) is 7.11 Å². The summed E-state index contributed by atoms with van der Waals surface area (Å²) in [5.41, 5.74) is 0. The molecule has 0 saturated carbocycles. The summed E-state index contributed by atoms with van der Waals surface area (Å²) >= 11 is 0. The lowest BCUT2D eigenvalue weighted by molar-refractivity contribution is 0.0801. The molecule has 0 bridgehead atoms. The van der Waals surface area contributed by atoms with E-state index >= 15 is 0 Å². The summed E-state index contributed by atoms with van der Waals surface area (Å²) < 4.78 is 8.37. The van der Waals surface area contributed by atoms with Crippen LogP contribution in [0, 0.1) is 0 Å². The molecule has 0 aliphatic heterocycles. The van der Waals surface area contributed by atoms with Gasteiger partial charge in [0.1, 0.15) is 0 Å². The Bertz CT molecular complexity index is 40.7. The van der Waals surface area contributed by atoms with Gasteiger partial charge in [-0.25, -0.2) is 0 Å². The molecule has 2 N–H and O–H groups in total. The van der Waals surface area contributed by atoms with Crippen molar-refractivity contribution in [2.45, 2.75) is 0 Å². The lowest BCUT2D eigenvalue weighted by atomic mass is 11.6. The summed E-state index contributed by atoms with van der Waals surface area (Å²) in [5, 5.41) is 7.92. The summed E-state index contributed by atoms with van der Waals surface area (Å²) in [5.74, 6) is 0. The maximum atomic E-state index is 8.32. The van der Waals surface area contributed by atoms with Crippen LogP contribution in [0.1, 0.15) is 0 Å². The maximum absolute atomic E-state index is 8.32. The molecule has 0 radical (unpaired) electrons. The lowest BCUT2D eigenvalue weighted by Crippen LogP contribution is -1.86. The van der Waals surface area contributed by atoms with Crippen LogP contribution < -0.4 is 0 Å². The second-order valence-corrected chi connectivity index (χ2v) is 1.78. The van der Waals surface area contributed by atoms with Crippen LogP contribution in [0.5, 0.6) is 0 Å². The zero-order valence-corrected chi connectivity index (χ0v) is 4.76. The van der Waals surface area contributed by atoms with Crippen LogP contribution in [0.25, 0.3) is 0 Å². The maximum Gasteiger partial charge on any atom is 0.331 e. The van der Waals surface area contributed by atoms with Gasteiger partial charge in [0.2, 0.25) is 0 Å². The van der Waals surface area contributed by atoms with Crippen LogP contribution in [0.4, 0.5) is 0 Å². The summed E-state index contributed by atoms with van der Waals surface area (Å²) in [7, 11) is -0.535. The lowest BCUT2D eigenvalue weighted by Gasteiger charge is -2.01. The minimum atomic E-state index is -1.83. The molecule has 0 aromatic carbocycles. The highest BCUT2D eigenvalue weighted by atomic mass is 31.2. The van der Waals surface area contributed by atoms with Gasteiger partial charge < -0.3 is 14.5 Å². The first-order chi connectivity index (χ1) is 3.31. The highest BCUT2D eigenvalue weighted by Crippen LogP contribution is 2.29. The van der Waals surface area contributed by atoms with Crippen LogP contribution in [-0.2, 0) is 9.05 Å². The van der Waals surface area contributed by atoms with E-state index in [1.807, 2.05) is 0 Å². The highest BCUT2D eigenvalue weighted by molar-refractivity contribution is 7.40. The smallest absolute Gasteiger partial charge is 0.331 e. The molecule has 5 heteroatoms. The Morgan fingerprint density at radius 3 is 2.43 bits per heavy atom. The number of aliphatic hydroxyl groups excluding tert-OH is 1. The van der Waals surface area contributed by atoms with E-state index in [0.29, 0.717) is 0 Å². The van der Waals surface area contributed by atoms with Crippen molar-refractivity contribution in [1.29, 1.82) is 0 Å². The van der Waals surface area contributed by atoms with Crippen LogP contribution in [0.15, 0.2) is 0 Å². The molecule has 0 aromatic heterocycles. The normalized spacial score (nSPS) is 14.1. The van der Waals surface area contributed by atoms with Gasteiger partial charge in [0.05, 0.1) is 0 Å². The van der Waals surface area contributed by atoms with Crippen molar-refractivity contribution in [1.82, 2.24) is 0 Å². The van der Waals surface area contributed by atoms with Crippen molar-refractivity contribution in [3.05, 3.63) is 0 Å². The zero-order chi connectivity index (χ0) is 5.70. The average Bonchev–Trinajstić information content (AvgIpc) is 1.68. The molecule has 44 valence electrons. The van der Waals surface area contributed by atoms with E-state index < -0.39 is 15.4 Å². The Hall–Kier alpha value is 0.270. The van der Waals surface area contributed by atoms with E-state index in [1.54, 1.807) is 0 Å². The molecule has 0 rings (SSSR count). The van der Waals surface area contributed by atoms with Gasteiger partial charge >= 0.3 is 8.60 Å². The number of aliphatic hydroxyl groups is 1. The van der Waals surface area contributed by atoms with Crippen molar-refractivity contribution >= 4 is 8.60 Å². The quantitative estimate of drug-likeness (QED) is 0.406. The molecule has 0 spiro atoms. The van der Waals surface area contributed by atoms with E-state index in [4.69, 9.17) is 10.00 Å². The third kappa shape index (κ3) is 4.12. The second kappa shape index (κ2) is 4.43. The van der Waals surface area contributed by atoms with Gasteiger partial charge in [-0.1, -0.05) is 0 Å². The zero-order valence-electron chi connectivity index (χ0n) is 3.87. The second-order valence-electron chi connectivity index (χ2n) is 0.679. The molecule has 1 atom stereocenters. The molecule has 0 amide bonds. The predicted molar refractivity (Wildman–Crippen MR) is 24.3 cm³/mol. The van der Waals surface area contributed by atoms with Crippen LogP contribution >= 0.6 is 8.60 Å². The number of rotatable bonds is 3. The van der Waals surface area contributed by atoms with Crippen LogP contribution in [0.3, 0.4) is 0 Å². The summed E-state index contributed by atoms with van der Waals surface area (Å²) in [6, 6.07) is 0. The van der Waals surface area contributed by atoms with E-state index in [1.165, 1.54) is 7.11 Å². The molecule has 0 heterocycles.